The fourth-order valence-electron chi connectivity index (χ4n) is 3.72. The SMILES string of the molecule is COc1ccc(CCN2CCN(C(=O)c3ccc(CSc4nc(C)cs4)cc3)CC2)cc1. The number of ether oxygens (including phenoxy) is 1. The molecule has 1 amide bonds. The summed E-state index contributed by atoms with van der Waals surface area (Å²) in [6.07, 6.45) is 1.01. The van der Waals surface area contributed by atoms with Gasteiger partial charge in [-0.3, -0.25) is 9.69 Å². The van der Waals surface area contributed by atoms with Gasteiger partial charge in [0.1, 0.15) is 10.1 Å². The summed E-state index contributed by atoms with van der Waals surface area (Å²) in [4.78, 5) is 21.8. The smallest absolute Gasteiger partial charge is 0.253 e. The lowest BCUT2D eigenvalue weighted by Crippen LogP contribution is -2.49. The quantitative estimate of drug-likeness (QED) is 0.447. The second kappa shape index (κ2) is 11.0. The van der Waals surface area contributed by atoms with E-state index < -0.39 is 0 Å². The van der Waals surface area contributed by atoms with Crippen molar-refractivity contribution in [3.05, 3.63) is 76.3 Å². The first-order valence-corrected chi connectivity index (χ1v) is 12.8. The molecule has 0 N–H and O–H groups in total. The molecule has 3 aromatic rings. The first-order valence-electron chi connectivity index (χ1n) is 10.9. The summed E-state index contributed by atoms with van der Waals surface area (Å²) in [5.41, 5.74) is 4.37. The van der Waals surface area contributed by atoms with Gasteiger partial charge >= 0.3 is 0 Å². The number of hydrogen-bond donors (Lipinski definition) is 0. The van der Waals surface area contributed by atoms with Gasteiger partial charge in [0.2, 0.25) is 0 Å². The molecule has 32 heavy (non-hydrogen) atoms. The molecule has 168 valence electrons. The number of thiazole rings is 1. The van der Waals surface area contributed by atoms with Crippen molar-refractivity contribution in [2.45, 2.75) is 23.4 Å². The highest BCUT2D eigenvalue weighted by Gasteiger charge is 2.22. The van der Waals surface area contributed by atoms with Crippen LogP contribution in [0.3, 0.4) is 0 Å². The number of aryl methyl sites for hydroxylation is 1. The molecule has 0 radical (unpaired) electrons. The van der Waals surface area contributed by atoms with E-state index in [1.807, 2.05) is 36.1 Å². The number of rotatable bonds is 8. The first-order chi connectivity index (χ1) is 15.6. The number of amides is 1. The molecular weight excluding hydrogens is 438 g/mol. The lowest BCUT2D eigenvalue weighted by atomic mass is 10.1. The fraction of sp³-hybridized carbons (Fsp3) is 0.360. The van der Waals surface area contributed by atoms with Crippen molar-refractivity contribution in [3.63, 3.8) is 0 Å². The molecule has 0 saturated carbocycles. The van der Waals surface area contributed by atoms with Crippen LogP contribution in [0.2, 0.25) is 0 Å². The number of carbonyl (C=O) groups excluding carboxylic acids is 1. The monoisotopic (exact) mass is 467 g/mol. The van der Waals surface area contributed by atoms with Crippen LogP contribution in [-0.4, -0.2) is 60.5 Å². The molecule has 0 unspecified atom stereocenters. The predicted octanol–water partition coefficient (Wildman–Crippen LogP) is 4.75. The van der Waals surface area contributed by atoms with Crippen LogP contribution in [0.4, 0.5) is 0 Å². The summed E-state index contributed by atoms with van der Waals surface area (Å²) in [6, 6.07) is 16.3. The largest absolute Gasteiger partial charge is 0.497 e. The van der Waals surface area contributed by atoms with Gasteiger partial charge in [-0.2, -0.15) is 0 Å². The molecule has 0 bridgehead atoms. The third kappa shape index (κ3) is 6.12. The Balaban J connectivity index is 1.22. The van der Waals surface area contributed by atoms with Crippen LogP contribution >= 0.6 is 23.1 Å². The Labute approximate surface area is 198 Å². The van der Waals surface area contributed by atoms with Gasteiger partial charge in [0.15, 0.2) is 0 Å². The standard InChI is InChI=1S/C25H29N3O2S2/c1-19-17-31-25(26-19)32-18-21-3-7-22(8-4-21)24(29)28-15-13-27(14-16-28)12-11-20-5-9-23(30-2)10-6-20/h3-10,17H,11-16,18H2,1-2H3. The number of benzene rings is 2. The molecule has 0 aliphatic carbocycles. The number of carbonyl (C=O) groups is 1. The highest BCUT2D eigenvalue weighted by atomic mass is 32.2. The molecule has 1 aliphatic heterocycles. The Bertz CT molecular complexity index is 1010. The lowest BCUT2D eigenvalue weighted by molar-refractivity contribution is 0.0638. The number of methoxy groups -OCH3 is 1. The molecule has 7 heteroatoms. The molecule has 2 heterocycles. The average molecular weight is 468 g/mol. The summed E-state index contributed by atoms with van der Waals surface area (Å²) in [7, 11) is 1.69. The van der Waals surface area contributed by atoms with Crippen molar-refractivity contribution in [1.82, 2.24) is 14.8 Å². The van der Waals surface area contributed by atoms with Crippen molar-refractivity contribution >= 4 is 29.0 Å². The highest BCUT2D eigenvalue weighted by Crippen LogP contribution is 2.26. The van der Waals surface area contributed by atoms with E-state index in [0.717, 1.165) is 66.2 Å². The summed E-state index contributed by atoms with van der Waals surface area (Å²) in [5, 5.41) is 2.07. The van der Waals surface area contributed by atoms with Crippen LogP contribution in [0.5, 0.6) is 5.75 Å². The number of thioether (sulfide) groups is 1. The van der Waals surface area contributed by atoms with Crippen LogP contribution in [0, 0.1) is 6.92 Å². The third-order valence-electron chi connectivity index (χ3n) is 5.70. The molecule has 1 fully saturated rings. The summed E-state index contributed by atoms with van der Waals surface area (Å²) in [5.74, 6) is 1.89. The van der Waals surface area contributed by atoms with Gasteiger partial charge in [-0.25, -0.2) is 4.98 Å². The van der Waals surface area contributed by atoms with E-state index in [1.165, 1.54) is 11.1 Å². The number of piperazine rings is 1. The maximum atomic E-state index is 12.9. The number of aromatic nitrogens is 1. The molecule has 2 aromatic carbocycles. The van der Waals surface area contributed by atoms with Crippen LogP contribution in [-0.2, 0) is 12.2 Å². The van der Waals surface area contributed by atoms with Crippen molar-refractivity contribution < 1.29 is 9.53 Å². The summed E-state index contributed by atoms with van der Waals surface area (Å²) >= 11 is 3.42. The molecule has 1 aliphatic rings. The lowest BCUT2D eigenvalue weighted by Gasteiger charge is -2.34. The van der Waals surface area contributed by atoms with E-state index in [9.17, 15) is 4.79 Å². The Kier molecular flexibility index (Phi) is 7.84. The van der Waals surface area contributed by atoms with Crippen LogP contribution < -0.4 is 4.74 Å². The van der Waals surface area contributed by atoms with E-state index >= 15 is 0 Å². The summed E-state index contributed by atoms with van der Waals surface area (Å²) in [6.45, 7) is 6.43. The Morgan fingerprint density at radius 2 is 1.72 bits per heavy atom. The van der Waals surface area contributed by atoms with Gasteiger partial charge in [0.25, 0.3) is 5.91 Å². The second-order valence-corrected chi connectivity index (χ2v) is 10.1. The van der Waals surface area contributed by atoms with Crippen molar-refractivity contribution in [2.75, 3.05) is 39.8 Å². The normalized spacial score (nSPS) is 14.5. The molecule has 0 spiro atoms. The van der Waals surface area contributed by atoms with E-state index in [4.69, 9.17) is 4.74 Å². The molecule has 4 rings (SSSR count). The van der Waals surface area contributed by atoms with Crippen molar-refractivity contribution in [1.29, 1.82) is 0 Å². The van der Waals surface area contributed by atoms with Gasteiger partial charge < -0.3 is 9.64 Å². The summed E-state index contributed by atoms with van der Waals surface area (Å²) < 4.78 is 6.31. The topological polar surface area (TPSA) is 45.7 Å². The van der Waals surface area contributed by atoms with Gasteiger partial charge in [-0.05, 0) is 48.7 Å². The van der Waals surface area contributed by atoms with E-state index in [1.54, 1.807) is 30.2 Å². The zero-order chi connectivity index (χ0) is 22.3. The zero-order valence-corrected chi connectivity index (χ0v) is 20.3. The number of nitrogens with zero attached hydrogens (tertiary/aromatic N) is 3. The Morgan fingerprint density at radius 3 is 2.34 bits per heavy atom. The van der Waals surface area contributed by atoms with Crippen LogP contribution in [0.15, 0.2) is 58.3 Å². The van der Waals surface area contributed by atoms with Gasteiger partial charge in [-0.1, -0.05) is 36.0 Å². The maximum Gasteiger partial charge on any atom is 0.253 e. The van der Waals surface area contributed by atoms with Crippen LogP contribution in [0.1, 0.15) is 27.2 Å². The highest BCUT2D eigenvalue weighted by molar-refractivity contribution is 8.00. The third-order valence-corrected chi connectivity index (χ3v) is 7.91. The molecule has 0 atom stereocenters. The van der Waals surface area contributed by atoms with E-state index in [-0.39, 0.29) is 5.91 Å². The molecule has 5 nitrogen and oxygen atoms in total. The Morgan fingerprint density at radius 1 is 1.03 bits per heavy atom. The molecular formula is C25H29N3O2S2. The van der Waals surface area contributed by atoms with E-state index in [2.05, 4.69) is 39.5 Å². The first kappa shape index (κ1) is 22.8. The zero-order valence-electron chi connectivity index (χ0n) is 18.6. The number of hydrogen-bond acceptors (Lipinski definition) is 6. The van der Waals surface area contributed by atoms with Gasteiger partial charge in [-0.15, -0.1) is 11.3 Å². The van der Waals surface area contributed by atoms with Crippen molar-refractivity contribution in [2.24, 2.45) is 0 Å². The maximum absolute atomic E-state index is 12.9. The predicted molar refractivity (Wildman–Crippen MR) is 132 cm³/mol. The van der Waals surface area contributed by atoms with Gasteiger partial charge in [0, 0.05) is 55.1 Å². The Hall–Kier alpha value is -2.35. The van der Waals surface area contributed by atoms with E-state index in [0.29, 0.717) is 0 Å². The average Bonchev–Trinajstić information content (AvgIpc) is 3.27. The fourth-order valence-corrected chi connectivity index (χ4v) is 5.53. The van der Waals surface area contributed by atoms with Crippen LogP contribution in [0.25, 0.3) is 0 Å². The molecule has 1 saturated heterocycles. The minimum Gasteiger partial charge on any atom is -0.497 e. The minimum atomic E-state index is 0.134. The van der Waals surface area contributed by atoms with Gasteiger partial charge in [0.05, 0.1) is 7.11 Å². The molecule has 1 aromatic heterocycles. The van der Waals surface area contributed by atoms with Crippen molar-refractivity contribution in [3.8, 4) is 5.75 Å². The minimum absolute atomic E-state index is 0.134. The second-order valence-electron chi connectivity index (χ2n) is 7.97.